The summed E-state index contributed by atoms with van der Waals surface area (Å²) in [5.41, 5.74) is 2.48. The Bertz CT molecular complexity index is 1320. The zero-order chi connectivity index (χ0) is 22.4. The summed E-state index contributed by atoms with van der Waals surface area (Å²) in [6.07, 6.45) is 3.41. The van der Waals surface area contributed by atoms with Crippen molar-refractivity contribution in [2.24, 2.45) is 0 Å². The second-order valence-corrected chi connectivity index (χ2v) is 8.96. The predicted molar refractivity (Wildman–Crippen MR) is 122 cm³/mol. The number of aromatic nitrogens is 4. The number of fused-ring (bicyclic) bond motifs is 1. The average Bonchev–Trinajstić information content (AvgIpc) is 3.46. The van der Waals surface area contributed by atoms with Gasteiger partial charge in [-0.3, -0.25) is 9.48 Å². The molecule has 0 saturated carbocycles. The quantitative estimate of drug-likeness (QED) is 0.447. The van der Waals surface area contributed by atoms with Gasteiger partial charge in [0.25, 0.3) is 5.91 Å². The second-order valence-electron chi connectivity index (χ2n) is 8.56. The molecular formula is C24H22ClN5O3. The third kappa shape index (κ3) is 3.69. The number of nitrogens with zero attached hydrogens (tertiary/aromatic N) is 5. The molecular weight excluding hydrogens is 442 g/mol. The Hall–Kier alpha value is -3.23. The Morgan fingerprint density at radius 2 is 1.91 bits per heavy atom. The van der Waals surface area contributed by atoms with Gasteiger partial charge in [0.05, 0.1) is 41.6 Å². The fourth-order valence-corrected chi connectivity index (χ4v) is 4.70. The van der Waals surface area contributed by atoms with Crippen LogP contribution in [0.1, 0.15) is 41.1 Å². The highest BCUT2D eigenvalue weighted by Crippen LogP contribution is 2.31. The topological polar surface area (TPSA) is 86.3 Å². The minimum Gasteiger partial charge on any atom is -0.377 e. The van der Waals surface area contributed by atoms with Crippen LogP contribution in [0.2, 0.25) is 5.02 Å². The molecule has 0 atom stereocenters. The van der Waals surface area contributed by atoms with Gasteiger partial charge in [-0.15, -0.1) is 0 Å². The van der Waals surface area contributed by atoms with Gasteiger partial charge in [-0.25, -0.2) is 0 Å². The van der Waals surface area contributed by atoms with Crippen LogP contribution in [0.5, 0.6) is 0 Å². The van der Waals surface area contributed by atoms with E-state index in [-0.39, 0.29) is 17.9 Å². The van der Waals surface area contributed by atoms with Crippen molar-refractivity contribution in [3.8, 4) is 11.4 Å². The Morgan fingerprint density at radius 1 is 1.09 bits per heavy atom. The third-order valence-electron chi connectivity index (χ3n) is 6.50. The Balaban J connectivity index is 1.16. The molecule has 4 aromatic rings. The third-order valence-corrected chi connectivity index (χ3v) is 6.83. The number of benzene rings is 2. The number of halogens is 1. The molecule has 1 amide bonds. The van der Waals surface area contributed by atoms with Gasteiger partial charge >= 0.3 is 0 Å². The molecule has 6 rings (SSSR count). The number of ether oxygens (including phenoxy) is 1. The minimum atomic E-state index is -0.0351. The van der Waals surface area contributed by atoms with E-state index in [1.54, 1.807) is 12.1 Å². The van der Waals surface area contributed by atoms with Crippen molar-refractivity contribution in [1.82, 2.24) is 24.8 Å². The molecule has 0 bridgehead atoms. The van der Waals surface area contributed by atoms with Gasteiger partial charge in [-0.05, 0) is 31.0 Å². The maximum atomic E-state index is 12.8. The van der Waals surface area contributed by atoms with Crippen LogP contribution in [0.4, 0.5) is 0 Å². The molecule has 0 unspecified atom stereocenters. The van der Waals surface area contributed by atoms with E-state index in [0.29, 0.717) is 48.6 Å². The van der Waals surface area contributed by atoms with E-state index >= 15 is 0 Å². The van der Waals surface area contributed by atoms with Gasteiger partial charge in [-0.1, -0.05) is 41.0 Å². The summed E-state index contributed by atoms with van der Waals surface area (Å²) in [6, 6.07) is 13.5. The molecule has 2 aliphatic rings. The molecule has 8 nitrogen and oxygen atoms in total. The van der Waals surface area contributed by atoms with Gasteiger partial charge < -0.3 is 14.2 Å². The molecule has 0 spiro atoms. The molecule has 2 fully saturated rings. The van der Waals surface area contributed by atoms with Crippen molar-refractivity contribution in [3.05, 3.63) is 65.1 Å². The number of hydrogen-bond acceptors (Lipinski definition) is 6. The maximum Gasteiger partial charge on any atom is 0.255 e. The van der Waals surface area contributed by atoms with Crippen molar-refractivity contribution < 1.29 is 14.1 Å². The molecule has 0 N–H and O–H groups in total. The highest BCUT2D eigenvalue weighted by Gasteiger charge is 2.29. The summed E-state index contributed by atoms with van der Waals surface area (Å²) < 4.78 is 13.0. The van der Waals surface area contributed by atoms with Crippen LogP contribution in [-0.4, -0.2) is 57.0 Å². The number of amides is 1. The van der Waals surface area contributed by atoms with Crippen LogP contribution >= 0.6 is 11.6 Å². The lowest BCUT2D eigenvalue weighted by atomic mass is 9.96. The van der Waals surface area contributed by atoms with E-state index < -0.39 is 0 Å². The van der Waals surface area contributed by atoms with Crippen molar-refractivity contribution in [1.29, 1.82) is 0 Å². The molecule has 2 aromatic heterocycles. The van der Waals surface area contributed by atoms with Crippen molar-refractivity contribution >= 4 is 28.4 Å². The molecule has 9 heteroatoms. The van der Waals surface area contributed by atoms with Crippen molar-refractivity contribution in [2.75, 3.05) is 26.3 Å². The molecule has 0 radical (unpaired) electrons. The molecule has 0 aliphatic carbocycles. The summed E-state index contributed by atoms with van der Waals surface area (Å²) in [5, 5.41) is 10.3. The number of hydrogen-bond donors (Lipinski definition) is 0. The highest BCUT2D eigenvalue weighted by atomic mass is 35.5. The highest BCUT2D eigenvalue weighted by molar-refractivity contribution is 6.33. The second kappa shape index (κ2) is 8.28. The lowest BCUT2D eigenvalue weighted by molar-refractivity contribution is -0.0266. The summed E-state index contributed by atoms with van der Waals surface area (Å²) in [6.45, 7) is 2.62. The SMILES string of the molecule is O=C(c1ccccc1Cl)N1CCC(c2nc(-c3ccc4cnn(C5COC5)c4c3)no2)CC1. The largest absolute Gasteiger partial charge is 0.377 e. The number of carbonyl (C=O) groups excluding carboxylic acids is 1. The zero-order valence-electron chi connectivity index (χ0n) is 17.9. The van der Waals surface area contributed by atoms with Crippen LogP contribution in [0, 0.1) is 0 Å². The lowest BCUT2D eigenvalue weighted by Gasteiger charge is -2.30. The summed E-state index contributed by atoms with van der Waals surface area (Å²) in [4.78, 5) is 19.3. The molecule has 168 valence electrons. The first kappa shape index (κ1) is 20.4. The fourth-order valence-electron chi connectivity index (χ4n) is 4.49. The fraction of sp³-hybridized carbons (Fsp3) is 0.333. The molecule has 4 heterocycles. The monoisotopic (exact) mass is 463 g/mol. The molecule has 33 heavy (non-hydrogen) atoms. The Labute approximate surface area is 195 Å². The summed E-state index contributed by atoms with van der Waals surface area (Å²) >= 11 is 6.20. The number of likely N-dealkylation sites (tertiary alicyclic amines) is 1. The minimum absolute atomic E-state index is 0.0351. The summed E-state index contributed by atoms with van der Waals surface area (Å²) in [5.74, 6) is 1.28. The predicted octanol–water partition coefficient (Wildman–Crippen LogP) is 4.33. The van der Waals surface area contributed by atoms with Crippen LogP contribution in [0.3, 0.4) is 0 Å². The molecule has 2 aliphatic heterocycles. The van der Waals surface area contributed by atoms with E-state index in [1.807, 2.05) is 40.0 Å². The van der Waals surface area contributed by atoms with Crippen LogP contribution in [0.15, 0.2) is 53.2 Å². The van der Waals surface area contributed by atoms with E-state index in [4.69, 9.17) is 20.9 Å². The van der Waals surface area contributed by atoms with Gasteiger partial charge in [0, 0.05) is 30.0 Å². The number of carbonyl (C=O) groups is 1. The van der Waals surface area contributed by atoms with Gasteiger partial charge in [0.2, 0.25) is 11.7 Å². The Morgan fingerprint density at radius 3 is 2.67 bits per heavy atom. The first-order chi connectivity index (χ1) is 16.2. The normalized spacial score (nSPS) is 17.4. The molecule has 2 aromatic carbocycles. The van der Waals surface area contributed by atoms with E-state index in [9.17, 15) is 4.79 Å². The Kier molecular flexibility index (Phi) is 5.11. The van der Waals surface area contributed by atoms with E-state index in [0.717, 1.165) is 29.3 Å². The first-order valence-corrected chi connectivity index (χ1v) is 11.5. The average molecular weight is 464 g/mol. The van der Waals surface area contributed by atoms with Gasteiger partial charge in [-0.2, -0.15) is 10.1 Å². The van der Waals surface area contributed by atoms with Crippen LogP contribution in [0.25, 0.3) is 22.3 Å². The maximum absolute atomic E-state index is 12.8. The van der Waals surface area contributed by atoms with Crippen molar-refractivity contribution in [2.45, 2.75) is 24.8 Å². The smallest absolute Gasteiger partial charge is 0.255 e. The zero-order valence-corrected chi connectivity index (χ0v) is 18.6. The number of piperidine rings is 1. The van der Waals surface area contributed by atoms with Gasteiger partial charge in [0.15, 0.2) is 0 Å². The van der Waals surface area contributed by atoms with Crippen LogP contribution < -0.4 is 0 Å². The van der Waals surface area contributed by atoms with E-state index in [2.05, 4.69) is 21.3 Å². The van der Waals surface area contributed by atoms with Crippen LogP contribution in [-0.2, 0) is 4.74 Å². The molecule has 2 saturated heterocycles. The lowest BCUT2D eigenvalue weighted by Crippen LogP contribution is -2.38. The van der Waals surface area contributed by atoms with Crippen molar-refractivity contribution in [3.63, 3.8) is 0 Å². The summed E-state index contributed by atoms with van der Waals surface area (Å²) in [7, 11) is 0. The van der Waals surface area contributed by atoms with E-state index in [1.165, 1.54) is 0 Å². The number of rotatable bonds is 4. The first-order valence-electron chi connectivity index (χ1n) is 11.1. The van der Waals surface area contributed by atoms with Gasteiger partial charge in [0.1, 0.15) is 0 Å². The standard InChI is InChI=1S/C24H22ClN5O3/c25-20-4-2-1-3-19(20)24(31)29-9-7-15(8-10-29)23-27-22(28-33-23)16-5-6-17-12-26-30(21(17)11-16)18-13-32-14-18/h1-6,11-12,15,18H,7-10,13-14H2.